The van der Waals surface area contributed by atoms with Crippen molar-refractivity contribution in [2.24, 2.45) is 5.14 Å². The van der Waals surface area contributed by atoms with Crippen molar-refractivity contribution in [3.63, 3.8) is 0 Å². The smallest absolute Gasteiger partial charge is 0.209 e. The Labute approximate surface area is 73.8 Å². The normalized spacial score (nSPS) is 26.3. The van der Waals surface area contributed by atoms with Crippen LogP contribution in [0.4, 0.5) is 0 Å². The summed E-state index contributed by atoms with van der Waals surface area (Å²) in [6.07, 6.45) is 2.95. The molecule has 4 nitrogen and oxygen atoms in total. The van der Waals surface area contributed by atoms with Gasteiger partial charge in [0.15, 0.2) is 0 Å². The third-order valence-corrected chi connectivity index (χ3v) is 3.21. The lowest BCUT2D eigenvalue weighted by atomic mass is 10.2. The zero-order valence-corrected chi connectivity index (χ0v) is 8.18. The van der Waals surface area contributed by atoms with Gasteiger partial charge in [-0.25, -0.2) is 13.6 Å². The highest BCUT2D eigenvalue weighted by atomic mass is 32.2. The van der Waals surface area contributed by atoms with Gasteiger partial charge in [-0.05, 0) is 32.9 Å². The molecule has 1 saturated heterocycles. The van der Waals surface area contributed by atoms with Crippen LogP contribution >= 0.6 is 0 Å². The first kappa shape index (κ1) is 9.95. The monoisotopic (exact) mass is 192 g/mol. The topological polar surface area (TPSA) is 63.4 Å². The molecule has 0 radical (unpaired) electrons. The van der Waals surface area contributed by atoms with Crippen molar-refractivity contribution in [2.45, 2.75) is 25.3 Å². The second kappa shape index (κ2) is 3.72. The average molecular weight is 192 g/mol. The number of hydrogen-bond acceptors (Lipinski definition) is 3. The summed E-state index contributed by atoms with van der Waals surface area (Å²) in [7, 11) is -1.23. The van der Waals surface area contributed by atoms with Crippen LogP contribution in [-0.4, -0.2) is 38.7 Å². The van der Waals surface area contributed by atoms with Gasteiger partial charge < -0.3 is 4.90 Å². The fourth-order valence-electron chi connectivity index (χ4n) is 1.64. The summed E-state index contributed by atoms with van der Waals surface area (Å²) in [6.45, 7) is 1.08. The van der Waals surface area contributed by atoms with E-state index in [1.807, 2.05) is 7.05 Å². The molecule has 2 N–H and O–H groups in total. The minimum atomic E-state index is -3.26. The van der Waals surface area contributed by atoms with Gasteiger partial charge in [0.2, 0.25) is 10.0 Å². The van der Waals surface area contributed by atoms with Crippen LogP contribution in [-0.2, 0) is 10.0 Å². The molecule has 0 saturated carbocycles. The summed E-state index contributed by atoms with van der Waals surface area (Å²) in [5, 5.41) is 4.91. The van der Waals surface area contributed by atoms with Crippen LogP contribution in [0.1, 0.15) is 19.3 Å². The van der Waals surface area contributed by atoms with Crippen LogP contribution < -0.4 is 5.14 Å². The Morgan fingerprint density at radius 3 is 2.67 bits per heavy atom. The van der Waals surface area contributed by atoms with Crippen LogP contribution in [0.3, 0.4) is 0 Å². The lowest BCUT2D eigenvalue weighted by Crippen LogP contribution is -2.28. The first-order valence-electron chi connectivity index (χ1n) is 4.20. The van der Waals surface area contributed by atoms with Gasteiger partial charge >= 0.3 is 0 Å². The summed E-state index contributed by atoms with van der Waals surface area (Å²) in [4.78, 5) is 2.20. The first-order valence-corrected chi connectivity index (χ1v) is 5.91. The van der Waals surface area contributed by atoms with Gasteiger partial charge in [0.05, 0.1) is 5.75 Å². The molecule has 12 heavy (non-hydrogen) atoms. The van der Waals surface area contributed by atoms with Crippen molar-refractivity contribution in [2.75, 3.05) is 19.3 Å². The molecule has 0 aliphatic carbocycles. The van der Waals surface area contributed by atoms with Crippen molar-refractivity contribution in [3.05, 3.63) is 0 Å². The number of nitrogens with two attached hydrogens (primary N) is 1. The zero-order chi connectivity index (χ0) is 9.19. The van der Waals surface area contributed by atoms with Crippen molar-refractivity contribution in [3.8, 4) is 0 Å². The third-order valence-electron chi connectivity index (χ3n) is 2.41. The van der Waals surface area contributed by atoms with E-state index >= 15 is 0 Å². The number of sulfonamides is 1. The molecular formula is C7H16N2O2S. The number of primary sulfonamides is 1. The van der Waals surface area contributed by atoms with E-state index in [4.69, 9.17) is 5.14 Å². The summed E-state index contributed by atoms with van der Waals surface area (Å²) in [5.74, 6) is 0.113. The Kier molecular flexibility index (Phi) is 3.09. The summed E-state index contributed by atoms with van der Waals surface area (Å²) in [6, 6.07) is 0.420. The predicted molar refractivity (Wildman–Crippen MR) is 48.2 cm³/mol. The zero-order valence-electron chi connectivity index (χ0n) is 7.36. The van der Waals surface area contributed by atoms with E-state index in [0.717, 1.165) is 13.0 Å². The quantitative estimate of drug-likeness (QED) is 0.671. The molecule has 0 amide bonds. The molecular weight excluding hydrogens is 176 g/mol. The van der Waals surface area contributed by atoms with Gasteiger partial charge in [0, 0.05) is 6.04 Å². The largest absolute Gasteiger partial charge is 0.303 e. The van der Waals surface area contributed by atoms with Crippen molar-refractivity contribution in [1.82, 2.24) is 4.90 Å². The molecule has 1 heterocycles. The molecule has 0 spiro atoms. The van der Waals surface area contributed by atoms with E-state index in [0.29, 0.717) is 12.5 Å². The highest BCUT2D eigenvalue weighted by Crippen LogP contribution is 2.17. The van der Waals surface area contributed by atoms with E-state index in [2.05, 4.69) is 4.90 Å². The van der Waals surface area contributed by atoms with Crippen LogP contribution in [0.2, 0.25) is 0 Å². The Bertz CT molecular complexity index is 238. The van der Waals surface area contributed by atoms with Gasteiger partial charge in [-0.3, -0.25) is 0 Å². The lowest BCUT2D eigenvalue weighted by Gasteiger charge is -2.18. The molecule has 72 valence electrons. The summed E-state index contributed by atoms with van der Waals surface area (Å²) in [5.41, 5.74) is 0. The van der Waals surface area contributed by atoms with E-state index in [1.165, 1.54) is 6.42 Å². The molecule has 0 aromatic carbocycles. The molecule has 5 heteroatoms. The Morgan fingerprint density at radius 1 is 1.58 bits per heavy atom. The Balaban J connectivity index is 2.32. The van der Waals surface area contributed by atoms with Crippen molar-refractivity contribution >= 4 is 10.0 Å². The average Bonchev–Trinajstić information content (AvgIpc) is 2.29. The third kappa shape index (κ3) is 3.08. The van der Waals surface area contributed by atoms with Crippen LogP contribution in [0.25, 0.3) is 0 Å². The van der Waals surface area contributed by atoms with Gasteiger partial charge in [-0.1, -0.05) is 0 Å². The first-order chi connectivity index (χ1) is 5.49. The molecule has 1 fully saturated rings. The molecule has 0 aromatic rings. The van der Waals surface area contributed by atoms with E-state index < -0.39 is 10.0 Å². The van der Waals surface area contributed by atoms with E-state index in [-0.39, 0.29) is 5.75 Å². The summed E-state index contributed by atoms with van der Waals surface area (Å²) < 4.78 is 21.3. The second-order valence-corrected chi connectivity index (χ2v) is 5.17. The van der Waals surface area contributed by atoms with Crippen LogP contribution in [0.15, 0.2) is 0 Å². The molecule has 1 unspecified atom stereocenters. The minimum Gasteiger partial charge on any atom is -0.303 e. The predicted octanol–water partition coefficient (Wildman–Crippen LogP) is -0.241. The Morgan fingerprint density at radius 2 is 2.25 bits per heavy atom. The maximum atomic E-state index is 10.7. The van der Waals surface area contributed by atoms with Crippen molar-refractivity contribution < 1.29 is 8.42 Å². The summed E-state index contributed by atoms with van der Waals surface area (Å²) >= 11 is 0. The van der Waals surface area contributed by atoms with Gasteiger partial charge in [-0.15, -0.1) is 0 Å². The highest BCUT2D eigenvalue weighted by Gasteiger charge is 2.21. The van der Waals surface area contributed by atoms with E-state index in [9.17, 15) is 8.42 Å². The minimum absolute atomic E-state index is 0.113. The van der Waals surface area contributed by atoms with Crippen LogP contribution in [0.5, 0.6) is 0 Å². The van der Waals surface area contributed by atoms with Gasteiger partial charge in [0.1, 0.15) is 0 Å². The lowest BCUT2D eigenvalue weighted by molar-refractivity contribution is 0.304. The van der Waals surface area contributed by atoms with Gasteiger partial charge in [0.25, 0.3) is 0 Å². The second-order valence-electron chi connectivity index (χ2n) is 3.43. The number of likely N-dealkylation sites (tertiary alicyclic amines) is 1. The fourth-order valence-corrected chi connectivity index (χ4v) is 2.24. The standard InChI is InChI=1S/C7H16N2O2S/c1-9-5-2-3-7(9)4-6-12(8,10)11/h7H,2-6H2,1H3,(H2,8,10,11). The molecule has 1 aliphatic rings. The highest BCUT2D eigenvalue weighted by molar-refractivity contribution is 7.89. The molecule has 0 aromatic heterocycles. The fraction of sp³-hybridized carbons (Fsp3) is 1.00. The SMILES string of the molecule is CN1CCCC1CCS(N)(=O)=O. The number of rotatable bonds is 3. The molecule has 1 atom stereocenters. The molecule has 1 rings (SSSR count). The maximum Gasteiger partial charge on any atom is 0.209 e. The number of nitrogens with zero attached hydrogens (tertiary/aromatic N) is 1. The molecule has 0 bridgehead atoms. The van der Waals surface area contributed by atoms with Crippen molar-refractivity contribution in [1.29, 1.82) is 0 Å². The Hall–Kier alpha value is -0.130. The number of hydrogen-bond donors (Lipinski definition) is 1. The molecule has 1 aliphatic heterocycles. The van der Waals surface area contributed by atoms with Crippen LogP contribution in [0, 0.1) is 0 Å². The van der Waals surface area contributed by atoms with E-state index in [1.54, 1.807) is 0 Å². The maximum absolute atomic E-state index is 10.7. The van der Waals surface area contributed by atoms with Gasteiger partial charge in [-0.2, -0.15) is 0 Å².